The monoisotopic (exact) mass is 225 g/mol. The number of hydrogen-bond donors (Lipinski definition) is 1. The zero-order valence-corrected chi connectivity index (χ0v) is 9.52. The van der Waals surface area contributed by atoms with Gasteiger partial charge < -0.3 is 10.0 Å². The molecule has 0 aromatic rings. The van der Waals surface area contributed by atoms with E-state index in [4.69, 9.17) is 5.11 Å². The van der Waals surface area contributed by atoms with Crippen LogP contribution in [0.4, 0.5) is 0 Å². The van der Waals surface area contributed by atoms with E-state index in [0.29, 0.717) is 12.8 Å². The Labute approximate surface area is 95.9 Å². The van der Waals surface area contributed by atoms with Gasteiger partial charge in [0.25, 0.3) is 0 Å². The molecule has 0 aliphatic heterocycles. The standard InChI is InChI=1S/C12H19NO3/c1-2-3-8-11(14)13(9-12(15)16)10-6-4-5-7-10/h2,10H,1,3-9H2,(H,15,16). The highest BCUT2D eigenvalue weighted by molar-refractivity contribution is 5.81. The Morgan fingerprint density at radius 1 is 1.38 bits per heavy atom. The molecule has 0 saturated heterocycles. The first-order chi connectivity index (χ1) is 7.65. The van der Waals surface area contributed by atoms with E-state index in [9.17, 15) is 9.59 Å². The summed E-state index contributed by atoms with van der Waals surface area (Å²) >= 11 is 0. The van der Waals surface area contributed by atoms with Gasteiger partial charge in [-0.1, -0.05) is 18.9 Å². The van der Waals surface area contributed by atoms with Gasteiger partial charge in [0.2, 0.25) is 5.91 Å². The smallest absolute Gasteiger partial charge is 0.323 e. The summed E-state index contributed by atoms with van der Waals surface area (Å²) in [5.74, 6) is -0.993. The fourth-order valence-electron chi connectivity index (χ4n) is 2.15. The Morgan fingerprint density at radius 2 is 2.00 bits per heavy atom. The van der Waals surface area contributed by atoms with Gasteiger partial charge in [-0.3, -0.25) is 9.59 Å². The van der Waals surface area contributed by atoms with Crippen LogP contribution in [-0.2, 0) is 9.59 Å². The van der Waals surface area contributed by atoms with E-state index in [1.807, 2.05) is 0 Å². The number of carboxylic acid groups (broad SMARTS) is 1. The van der Waals surface area contributed by atoms with Gasteiger partial charge in [0.15, 0.2) is 0 Å². The number of aliphatic carboxylic acids is 1. The van der Waals surface area contributed by atoms with E-state index in [-0.39, 0.29) is 18.5 Å². The lowest BCUT2D eigenvalue weighted by Gasteiger charge is -2.27. The Kier molecular flexibility index (Phi) is 5.02. The maximum Gasteiger partial charge on any atom is 0.323 e. The lowest BCUT2D eigenvalue weighted by atomic mass is 10.1. The molecule has 1 fully saturated rings. The third kappa shape index (κ3) is 3.68. The van der Waals surface area contributed by atoms with E-state index < -0.39 is 5.97 Å². The summed E-state index contributed by atoms with van der Waals surface area (Å²) in [5, 5.41) is 8.80. The molecule has 0 radical (unpaired) electrons. The molecule has 0 unspecified atom stereocenters. The predicted molar refractivity (Wildman–Crippen MR) is 61.0 cm³/mol. The summed E-state index contributed by atoms with van der Waals surface area (Å²) in [4.78, 5) is 24.1. The Bertz CT molecular complexity index is 269. The first kappa shape index (κ1) is 12.7. The van der Waals surface area contributed by atoms with E-state index in [2.05, 4.69) is 6.58 Å². The summed E-state index contributed by atoms with van der Waals surface area (Å²) in [5.41, 5.74) is 0. The van der Waals surface area contributed by atoms with Gasteiger partial charge in [-0.25, -0.2) is 0 Å². The molecule has 4 heteroatoms. The van der Waals surface area contributed by atoms with Crippen molar-refractivity contribution < 1.29 is 14.7 Å². The topological polar surface area (TPSA) is 57.6 Å². The van der Waals surface area contributed by atoms with E-state index >= 15 is 0 Å². The summed E-state index contributed by atoms with van der Waals surface area (Å²) < 4.78 is 0. The van der Waals surface area contributed by atoms with Crippen molar-refractivity contribution in [1.29, 1.82) is 0 Å². The van der Waals surface area contributed by atoms with Crippen molar-refractivity contribution in [2.45, 2.75) is 44.6 Å². The maximum absolute atomic E-state index is 11.8. The van der Waals surface area contributed by atoms with Gasteiger partial charge in [-0.05, 0) is 19.3 Å². The van der Waals surface area contributed by atoms with Crippen molar-refractivity contribution in [2.75, 3.05) is 6.54 Å². The fraction of sp³-hybridized carbons (Fsp3) is 0.667. The highest BCUT2D eigenvalue weighted by Gasteiger charge is 2.27. The van der Waals surface area contributed by atoms with Crippen LogP contribution in [0.3, 0.4) is 0 Å². The quantitative estimate of drug-likeness (QED) is 0.701. The predicted octanol–water partition coefficient (Wildman–Crippen LogP) is 1.81. The summed E-state index contributed by atoms with van der Waals surface area (Å²) in [6.45, 7) is 3.40. The second-order valence-corrected chi connectivity index (χ2v) is 4.18. The van der Waals surface area contributed by atoms with Crippen molar-refractivity contribution in [3.63, 3.8) is 0 Å². The highest BCUT2D eigenvalue weighted by atomic mass is 16.4. The third-order valence-corrected chi connectivity index (χ3v) is 2.95. The number of amides is 1. The molecule has 0 aromatic heterocycles. The molecule has 1 aliphatic rings. The van der Waals surface area contributed by atoms with Crippen LogP contribution in [0.5, 0.6) is 0 Å². The zero-order chi connectivity index (χ0) is 12.0. The Balaban J connectivity index is 2.57. The zero-order valence-electron chi connectivity index (χ0n) is 9.52. The largest absolute Gasteiger partial charge is 0.480 e. The van der Waals surface area contributed by atoms with Crippen molar-refractivity contribution in [2.24, 2.45) is 0 Å². The number of hydrogen-bond acceptors (Lipinski definition) is 2. The average molecular weight is 225 g/mol. The van der Waals surface area contributed by atoms with Crippen LogP contribution in [-0.4, -0.2) is 34.5 Å². The Hall–Kier alpha value is -1.32. The molecule has 1 amide bonds. The van der Waals surface area contributed by atoms with Crippen molar-refractivity contribution in [1.82, 2.24) is 4.90 Å². The minimum absolute atomic E-state index is 0.0609. The van der Waals surface area contributed by atoms with Gasteiger partial charge in [0.1, 0.15) is 6.54 Å². The number of nitrogens with zero attached hydrogens (tertiary/aromatic N) is 1. The van der Waals surface area contributed by atoms with Gasteiger partial charge in [0.05, 0.1) is 0 Å². The second-order valence-electron chi connectivity index (χ2n) is 4.18. The minimum Gasteiger partial charge on any atom is -0.480 e. The summed E-state index contributed by atoms with van der Waals surface area (Å²) in [6, 6.07) is 0.133. The van der Waals surface area contributed by atoms with Gasteiger partial charge in [0, 0.05) is 12.5 Å². The lowest BCUT2D eigenvalue weighted by Crippen LogP contribution is -2.42. The number of allylic oxidation sites excluding steroid dienone is 1. The maximum atomic E-state index is 11.8. The van der Waals surface area contributed by atoms with E-state index in [1.54, 1.807) is 6.08 Å². The lowest BCUT2D eigenvalue weighted by molar-refractivity contribution is -0.146. The van der Waals surface area contributed by atoms with Crippen LogP contribution in [0.15, 0.2) is 12.7 Å². The molecule has 90 valence electrons. The summed E-state index contributed by atoms with van der Waals surface area (Å²) in [7, 11) is 0. The van der Waals surface area contributed by atoms with E-state index in [0.717, 1.165) is 25.7 Å². The molecule has 16 heavy (non-hydrogen) atoms. The number of rotatable bonds is 6. The molecule has 4 nitrogen and oxygen atoms in total. The molecule has 0 heterocycles. The van der Waals surface area contributed by atoms with E-state index in [1.165, 1.54) is 4.90 Å². The van der Waals surface area contributed by atoms with Crippen LogP contribution in [0.25, 0.3) is 0 Å². The highest BCUT2D eigenvalue weighted by Crippen LogP contribution is 2.24. The first-order valence-corrected chi connectivity index (χ1v) is 5.77. The summed E-state index contributed by atoms with van der Waals surface area (Å²) in [6.07, 6.45) is 6.73. The molecule has 0 bridgehead atoms. The van der Waals surface area contributed by atoms with Gasteiger partial charge in [-0.2, -0.15) is 0 Å². The molecule has 1 aliphatic carbocycles. The number of carboxylic acids is 1. The fourth-order valence-corrected chi connectivity index (χ4v) is 2.15. The van der Waals surface area contributed by atoms with Gasteiger partial charge in [-0.15, -0.1) is 6.58 Å². The SMILES string of the molecule is C=CCCC(=O)N(CC(=O)O)C1CCCC1. The van der Waals surface area contributed by atoms with Crippen molar-refractivity contribution in [3.05, 3.63) is 12.7 Å². The second kappa shape index (κ2) is 6.30. The van der Waals surface area contributed by atoms with Gasteiger partial charge >= 0.3 is 5.97 Å². The molecule has 0 atom stereocenters. The number of carbonyl (C=O) groups excluding carboxylic acids is 1. The molecule has 0 aromatic carbocycles. The minimum atomic E-state index is -0.932. The third-order valence-electron chi connectivity index (χ3n) is 2.95. The molecule has 1 saturated carbocycles. The van der Waals surface area contributed by atoms with Crippen LogP contribution in [0, 0.1) is 0 Å². The number of carbonyl (C=O) groups is 2. The molecule has 0 spiro atoms. The van der Waals surface area contributed by atoms with Crippen LogP contribution in [0.2, 0.25) is 0 Å². The normalized spacial score (nSPS) is 16.0. The molecule has 1 rings (SSSR count). The Morgan fingerprint density at radius 3 is 2.50 bits per heavy atom. The van der Waals surface area contributed by atoms with Crippen molar-refractivity contribution >= 4 is 11.9 Å². The molecular weight excluding hydrogens is 206 g/mol. The van der Waals surface area contributed by atoms with Crippen LogP contribution in [0.1, 0.15) is 38.5 Å². The van der Waals surface area contributed by atoms with Crippen LogP contribution >= 0.6 is 0 Å². The average Bonchev–Trinajstić information content (AvgIpc) is 2.75. The molecule has 1 N–H and O–H groups in total. The molecular formula is C12H19NO3. The van der Waals surface area contributed by atoms with Crippen molar-refractivity contribution in [3.8, 4) is 0 Å². The first-order valence-electron chi connectivity index (χ1n) is 5.77. The van der Waals surface area contributed by atoms with Crippen LogP contribution < -0.4 is 0 Å².